The van der Waals surface area contributed by atoms with Crippen LogP contribution in [0.1, 0.15) is 33.7 Å². The summed E-state index contributed by atoms with van der Waals surface area (Å²) in [6.45, 7) is 2.94. The lowest BCUT2D eigenvalue weighted by atomic mass is 10.2. The molecule has 0 aliphatic heterocycles. The van der Waals surface area contributed by atoms with Crippen LogP contribution in [0.3, 0.4) is 0 Å². The van der Waals surface area contributed by atoms with Gasteiger partial charge in [0.1, 0.15) is 12.0 Å². The molecule has 1 amide bonds. The highest BCUT2D eigenvalue weighted by molar-refractivity contribution is 7.09. The van der Waals surface area contributed by atoms with E-state index in [0.717, 1.165) is 23.5 Å². The minimum absolute atomic E-state index is 0. The SMILES string of the molecule is CCc1nc(CCNC(=O)c2coc(CN)c2)cs1.Cl.Cl. The highest BCUT2D eigenvalue weighted by atomic mass is 35.5. The molecule has 0 aliphatic rings. The van der Waals surface area contributed by atoms with Crippen LogP contribution in [-0.4, -0.2) is 17.4 Å². The van der Waals surface area contributed by atoms with Crippen LogP contribution < -0.4 is 11.1 Å². The van der Waals surface area contributed by atoms with Gasteiger partial charge < -0.3 is 15.5 Å². The van der Waals surface area contributed by atoms with E-state index in [9.17, 15) is 4.79 Å². The summed E-state index contributed by atoms with van der Waals surface area (Å²) in [6.07, 6.45) is 3.12. The molecule has 3 N–H and O–H groups in total. The van der Waals surface area contributed by atoms with Gasteiger partial charge in [-0.05, 0) is 12.5 Å². The number of furan rings is 1. The van der Waals surface area contributed by atoms with E-state index < -0.39 is 0 Å². The third-order valence-corrected chi connectivity index (χ3v) is 3.73. The van der Waals surface area contributed by atoms with Gasteiger partial charge in [0.2, 0.25) is 0 Å². The molecule has 2 aromatic heterocycles. The molecule has 0 atom stereocenters. The third kappa shape index (κ3) is 5.67. The van der Waals surface area contributed by atoms with E-state index in [0.29, 0.717) is 24.4 Å². The molecule has 0 saturated carbocycles. The second-order valence-corrected chi connectivity index (χ2v) is 5.04. The van der Waals surface area contributed by atoms with E-state index in [1.807, 2.05) is 5.38 Å². The molecule has 0 radical (unpaired) electrons. The lowest BCUT2D eigenvalue weighted by Gasteiger charge is -2.01. The normalized spacial score (nSPS) is 9.62. The van der Waals surface area contributed by atoms with Crippen molar-refractivity contribution >= 4 is 42.1 Å². The average molecular weight is 352 g/mol. The number of rotatable bonds is 6. The first kappa shape index (κ1) is 19.9. The largest absolute Gasteiger partial charge is 0.467 e. The van der Waals surface area contributed by atoms with Crippen molar-refractivity contribution in [3.05, 3.63) is 39.7 Å². The van der Waals surface area contributed by atoms with Crippen molar-refractivity contribution in [1.82, 2.24) is 10.3 Å². The Labute approximate surface area is 140 Å². The predicted octanol–water partition coefficient (Wildman–Crippen LogP) is 2.57. The Hall–Kier alpha value is -1.08. The Morgan fingerprint density at radius 2 is 2.24 bits per heavy atom. The minimum Gasteiger partial charge on any atom is -0.467 e. The van der Waals surface area contributed by atoms with Crippen molar-refractivity contribution < 1.29 is 9.21 Å². The molecule has 0 saturated heterocycles. The number of nitrogens with two attached hydrogens (primary N) is 1. The topological polar surface area (TPSA) is 81.2 Å². The first-order chi connectivity index (χ1) is 9.22. The van der Waals surface area contributed by atoms with Crippen LogP contribution in [0.2, 0.25) is 0 Å². The molecule has 0 unspecified atom stereocenters. The van der Waals surface area contributed by atoms with Gasteiger partial charge in [0.25, 0.3) is 5.91 Å². The maximum Gasteiger partial charge on any atom is 0.254 e. The number of carbonyl (C=O) groups excluding carboxylic acids is 1. The standard InChI is InChI=1S/C13H17N3O2S.2ClH/c1-2-12-16-10(8-19-12)3-4-15-13(17)9-5-11(6-14)18-7-9;;/h5,7-8H,2-4,6,14H2,1H3,(H,15,17);2*1H. The highest BCUT2D eigenvalue weighted by Crippen LogP contribution is 2.10. The maximum atomic E-state index is 11.8. The van der Waals surface area contributed by atoms with Crippen LogP contribution in [0.15, 0.2) is 22.1 Å². The summed E-state index contributed by atoms with van der Waals surface area (Å²) in [5, 5.41) is 6.00. The number of thiazole rings is 1. The number of hydrogen-bond acceptors (Lipinski definition) is 5. The fourth-order valence-corrected chi connectivity index (χ4v) is 2.42. The fourth-order valence-electron chi connectivity index (χ4n) is 1.64. The molecule has 2 aromatic rings. The van der Waals surface area contributed by atoms with E-state index in [1.165, 1.54) is 6.26 Å². The minimum atomic E-state index is -0.144. The molecular weight excluding hydrogens is 333 g/mol. The van der Waals surface area contributed by atoms with Gasteiger partial charge in [-0.25, -0.2) is 4.98 Å². The molecular formula is C13H19Cl2N3O2S. The van der Waals surface area contributed by atoms with Gasteiger partial charge in [0.15, 0.2) is 0 Å². The molecule has 2 heterocycles. The van der Waals surface area contributed by atoms with Crippen LogP contribution in [0.5, 0.6) is 0 Å². The summed E-state index contributed by atoms with van der Waals surface area (Å²) >= 11 is 1.66. The Bertz CT molecular complexity index is 557. The Kier molecular flexibility index (Phi) is 9.28. The van der Waals surface area contributed by atoms with E-state index in [2.05, 4.69) is 17.2 Å². The van der Waals surface area contributed by atoms with Crippen molar-refractivity contribution in [1.29, 1.82) is 0 Å². The number of nitrogens with zero attached hydrogens (tertiary/aromatic N) is 1. The molecule has 5 nitrogen and oxygen atoms in total. The Morgan fingerprint density at radius 1 is 1.48 bits per heavy atom. The maximum absolute atomic E-state index is 11.8. The van der Waals surface area contributed by atoms with Crippen LogP contribution in [0.4, 0.5) is 0 Å². The lowest BCUT2D eigenvalue weighted by Crippen LogP contribution is -2.25. The second kappa shape index (κ2) is 9.78. The number of aromatic nitrogens is 1. The lowest BCUT2D eigenvalue weighted by molar-refractivity contribution is 0.0953. The quantitative estimate of drug-likeness (QED) is 0.837. The van der Waals surface area contributed by atoms with Gasteiger partial charge in [-0.2, -0.15) is 0 Å². The van der Waals surface area contributed by atoms with E-state index in [-0.39, 0.29) is 30.7 Å². The predicted molar refractivity (Wildman–Crippen MR) is 88.6 cm³/mol. The van der Waals surface area contributed by atoms with Gasteiger partial charge in [-0.3, -0.25) is 4.79 Å². The van der Waals surface area contributed by atoms with Crippen LogP contribution >= 0.6 is 36.2 Å². The van der Waals surface area contributed by atoms with Crippen LogP contribution in [-0.2, 0) is 19.4 Å². The average Bonchev–Trinajstić information content (AvgIpc) is 3.07. The summed E-state index contributed by atoms with van der Waals surface area (Å²) in [6, 6.07) is 1.66. The molecule has 0 spiro atoms. The summed E-state index contributed by atoms with van der Waals surface area (Å²) in [5.74, 6) is 0.464. The molecule has 118 valence electrons. The first-order valence-electron chi connectivity index (χ1n) is 6.22. The number of nitrogens with one attached hydrogen (secondary N) is 1. The van der Waals surface area contributed by atoms with E-state index >= 15 is 0 Å². The zero-order valence-corrected chi connectivity index (χ0v) is 14.1. The van der Waals surface area contributed by atoms with Gasteiger partial charge in [-0.1, -0.05) is 6.92 Å². The van der Waals surface area contributed by atoms with Gasteiger partial charge in [0.05, 0.1) is 22.8 Å². The van der Waals surface area contributed by atoms with Crippen molar-refractivity contribution in [2.75, 3.05) is 6.54 Å². The van der Waals surface area contributed by atoms with E-state index in [1.54, 1.807) is 17.4 Å². The third-order valence-electron chi connectivity index (χ3n) is 2.69. The zero-order chi connectivity index (χ0) is 13.7. The zero-order valence-electron chi connectivity index (χ0n) is 11.6. The van der Waals surface area contributed by atoms with Crippen molar-refractivity contribution in [2.24, 2.45) is 5.73 Å². The first-order valence-corrected chi connectivity index (χ1v) is 7.09. The van der Waals surface area contributed by atoms with Crippen LogP contribution in [0.25, 0.3) is 0 Å². The summed E-state index contributed by atoms with van der Waals surface area (Å²) in [7, 11) is 0. The molecule has 0 aliphatic carbocycles. The van der Waals surface area contributed by atoms with Crippen molar-refractivity contribution in [3.63, 3.8) is 0 Å². The number of aryl methyl sites for hydroxylation is 1. The Balaban J connectivity index is 0.00000200. The number of carbonyl (C=O) groups is 1. The highest BCUT2D eigenvalue weighted by Gasteiger charge is 2.09. The fraction of sp³-hybridized carbons (Fsp3) is 0.385. The number of hydrogen-bond donors (Lipinski definition) is 2. The molecule has 2 rings (SSSR count). The number of amides is 1. The van der Waals surface area contributed by atoms with Crippen molar-refractivity contribution in [3.8, 4) is 0 Å². The Morgan fingerprint density at radius 3 is 2.81 bits per heavy atom. The van der Waals surface area contributed by atoms with Gasteiger partial charge in [-0.15, -0.1) is 36.2 Å². The number of halogens is 2. The van der Waals surface area contributed by atoms with Crippen molar-refractivity contribution in [2.45, 2.75) is 26.3 Å². The monoisotopic (exact) mass is 351 g/mol. The molecule has 0 fully saturated rings. The summed E-state index contributed by atoms with van der Waals surface area (Å²) in [5.41, 5.74) is 6.95. The molecule has 8 heteroatoms. The smallest absolute Gasteiger partial charge is 0.254 e. The summed E-state index contributed by atoms with van der Waals surface area (Å²) in [4.78, 5) is 16.2. The second-order valence-electron chi connectivity index (χ2n) is 4.10. The summed E-state index contributed by atoms with van der Waals surface area (Å²) < 4.78 is 5.12. The molecule has 0 aromatic carbocycles. The van der Waals surface area contributed by atoms with Gasteiger partial charge in [0, 0.05) is 18.3 Å². The molecule has 21 heavy (non-hydrogen) atoms. The molecule has 0 bridgehead atoms. The van der Waals surface area contributed by atoms with Gasteiger partial charge >= 0.3 is 0 Å². The van der Waals surface area contributed by atoms with Crippen LogP contribution in [0, 0.1) is 0 Å². The van der Waals surface area contributed by atoms with E-state index in [4.69, 9.17) is 10.2 Å².